The highest BCUT2D eigenvalue weighted by Gasteiger charge is 2.30. The first-order valence-corrected chi connectivity index (χ1v) is 6.54. The molecule has 0 bridgehead atoms. The molecule has 1 saturated heterocycles. The van der Waals surface area contributed by atoms with Crippen molar-refractivity contribution in [2.75, 3.05) is 24.6 Å². The van der Waals surface area contributed by atoms with Crippen LogP contribution in [0.15, 0.2) is 24.3 Å². The first-order valence-electron chi connectivity index (χ1n) is 6.54. The molecule has 0 radical (unpaired) electrons. The molecule has 1 aliphatic rings. The smallest absolute Gasteiger partial charge is 0.246 e. The molecule has 19 heavy (non-hydrogen) atoms. The van der Waals surface area contributed by atoms with E-state index in [1.54, 1.807) is 4.90 Å². The van der Waals surface area contributed by atoms with Crippen molar-refractivity contribution in [2.24, 2.45) is 0 Å². The van der Waals surface area contributed by atoms with Crippen LogP contribution < -0.4 is 15.0 Å². The lowest BCUT2D eigenvalue weighted by Crippen LogP contribution is -2.56. The van der Waals surface area contributed by atoms with E-state index in [1.807, 2.05) is 38.1 Å². The summed E-state index contributed by atoms with van der Waals surface area (Å²) < 4.78 is 5.74. The Hall–Kier alpha value is -1.59. The highest BCUT2D eigenvalue weighted by molar-refractivity contribution is 5.99. The van der Waals surface area contributed by atoms with Gasteiger partial charge in [0.25, 0.3) is 0 Å². The summed E-state index contributed by atoms with van der Waals surface area (Å²) in [6, 6.07) is 6.97. The molecular weight excluding hydrogens is 244 g/mol. The predicted octanol–water partition coefficient (Wildman–Crippen LogP) is 0.771. The lowest BCUT2D eigenvalue weighted by molar-refractivity contribution is -0.122. The molecule has 2 rings (SSSR count). The molecule has 1 amide bonds. The van der Waals surface area contributed by atoms with E-state index in [0.29, 0.717) is 18.8 Å². The summed E-state index contributed by atoms with van der Waals surface area (Å²) in [6.07, 6.45) is 0.0489. The van der Waals surface area contributed by atoms with E-state index in [1.165, 1.54) is 0 Å². The molecule has 1 heterocycles. The van der Waals surface area contributed by atoms with E-state index < -0.39 is 6.04 Å². The van der Waals surface area contributed by atoms with Crippen molar-refractivity contribution in [3.05, 3.63) is 24.3 Å². The molecule has 0 aromatic heterocycles. The number of nitrogens with zero attached hydrogens (tertiary/aromatic N) is 1. The number of hydrogen-bond acceptors (Lipinski definition) is 4. The number of nitrogens with one attached hydrogen (secondary N) is 1. The standard InChI is InChI=1S/C14H20N2O3/c1-10(2)19-13-6-4-3-5-12(13)16-8-7-15-11(9-17)14(16)18/h3-6,10-11,15,17H,7-9H2,1-2H3. The summed E-state index contributed by atoms with van der Waals surface area (Å²) in [4.78, 5) is 13.9. The third-order valence-electron chi connectivity index (χ3n) is 2.99. The predicted molar refractivity (Wildman–Crippen MR) is 73.4 cm³/mol. The molecule has 5 nitrogen and oxygen atoms in total. The Kier molecular flexibility index (Phi) is 4.39. The topological polar surface area (TPSA) is 61.8 Å². The molecule has 0 saturated carbocycles. The van der Waals surface area contributed by atoms with Crippen molar-refractivity contribution in [1.29, 1.82) is 0 Å². The number of hydrogen-bond donors (Lipinski definition) is 2. The van der Waals surface area contributed by atoms with Crippen LogP contribution in [0, 0.1) is 0 Å². The molecule has 5 heteroatoms. The minimum atomic E-state index is -0.527. The van der Waals surface area contributed by atoms with E-state index in [0.717, 1.165) is 5.69 Å². The van der Waals surface area contributed by atoms with Crippen molar-refractivity contribution in [1.82, 2.24) is 5.32 Å². The van der Waals surface area contributed by atoms with Crippen molar-refractivity contribution in [3.63, 3.8) is 0 Å². The lowest BCUT2D eigenvalue weighted by Gasteiger charge is -2.33. The zero-order valence-corrected chi connectivity index (χ0v) is 11.3. The van der Waals surface area contributed by atoms with Gasteiger partial charge in [-0.05, 0) is 26.0 Å². The van der Waals surface area contributed by atoms with Crippen LogP contribution in [0.4, 0.5) is 5.69 Å². The fourth-order valence-electron chi connectivity index (χ4n) is 2.15. The van der Waals surface area contributed by atoms with Crippen molar-refractivity contribution < 1.29 is 14.6 Å². The van der Waals surface area contributed by atoms with Crippen molar-refractivity contribution >= 4 is 11.6 Å². The third kappa shape index (κ3) is 3.05. The molecule has 0 spiro atoms. The molecule has 1 aliphatic heterocycles. The number of rotatable bonds is 4. The van der Waals surface area contributed by atoms with Crippen molar-refractivity contribution in [3.8, 4) is 5.75 Å². The van der Waals surface area contributed by atoms with Gasteiger partial charge >= 0.3 is 0 Å². The Bertz CT molecular complexity index is 448. The van der Waals surface area contributed by atoms with Crippen molar-refractivity contribution in [2.45, 2.75) is 26.0 Å². The number of amides is 1. The zero-order chi connectivity index (χ0) is 13.8. The van der Waals surface area contributed by atoms with Crippen LogP contribution in [-0.2, 0) is 4.79 Å². The average Bonchev–Trinajstić information content (AvgIpc) is 2.39. The normalized spacial score (nSPS) is 19.9. The largest absolute Gasteiger partial charge is 0.489 e. The first kappa shape index (κ1) is 13.8. The van der Waals surface area contributed by atoms with Gasteiger partial charge in [-0.2, -0.15) is 0 Å². The molecule has 1 fully saturated rings. The Morgan fingerprint density at radius 2 is 2.21 bits per heavy atom. The summed E-state index contributed by atoms with van der Waals surface area (Å²) in [5.74, 6) is 0.581. The minimum absolute atomic E-state index is 0.0489. The van der Waals surface area contributed by atoms with Gasteiger partial charge in [-0.25, -0.2) is 0 Å². The first-order chi connectivity index (χ1) is 9.13. The monoisotopic (exact) mass is 264 g/mol. The number of carbonyl (C=O) groups excluding carboxylic acids is 1. The second kappa shape index (κ2) is 6.04. The van der Waals surface area contributed by atoms with Crippen LogP contribution in [0.2, 0.25) is 0 Å². The van der Waals surface area contributed by atoms with E-state index in [9.17, 15) is 9.90 Å². The summed E-state index contributed by atoms with van der Waals surface area (Å²) in [5.41, 5.74) is 0.765. The highest BCUT2D eigenvalue weighted by Crippen LogP contribution is 2.29. The summed E-state index contributed by atoms with van der Waals surface area (Å²) in [5, 5.41) is 12.2. The van der Waals surface area contributed by atoms with Gasteiger partial charge in [0, 0.05) is 13.1 Å². The van der Waals surface area contributed by atoms with Gasteiger partial charge < -0.3 is 20.1 Å². The second-order valence-electron chi connectivity index (χ2n) is 4.81. The summed E-state index contributed by atoms with van der Waals surface area (Å²) in [6.45, 7) is 4.95. The van der Waals surface area contributed by atoms with E-state index in [-0.39, 0.29) is 18.6 Å². The maximum Gasteiger partial charge on any atom is 0.246 e. The number of para-hydroxylation sites is 2. The second-order valence-corrected chi connectivity index (χ2v) is 4.81. The number of carbonyl (C=O) groups is 1. The number of piperazine rings is 1. The van der Waals surface area contributed by atoms with Crippen LogP contribution in [-0.4, -0.2) is 42.9 Å². The number of anilines is 1. The number of benzene rings is 1. The Balaban J connectivity index is 2.27. The molecule has 2 N–H and O–H groups in total. The van der Waals surface area contributed by atoms with Gasteiger partial charge in [0.05, 0.1) is 18.4 Å². The van der Waals surface area contributed by atoms with Crippen LogP contribution in [0.5, 0.6) is 5.75 Å². The molecule has 1 aromatic carbocycles. The van der Waals surface area contributed by atoms with Crippen LogP contribution >= 0.6 is 0 Å². The molecule has 1 atom stereocenters. The van der Waals surface area contributed by atoms with Gasteiger partial charge in [0.2, 0.25) is 5.91 Å². The van der Waals surface area contributed by atoms with Crippen LogP contribution in [0.3, 0.4) is 0 Å². The quantitative estimate of drug-likeness (QED) is 0.843. The number of aliphatic hydroxyl groups excluding tert-OH is 1. The van der Waals surface area contributed by atoms with Crippen LogP contribution in [0.25, 0.3) is 0 Å². The molecule has 1 unspecified atom stereocenters. The Morgan fingerprint density at radius 1 is 1.47 bits per heavy atom. The van der Waals surface area contributed by atoms with Gasteiger partial charge in [0.15, 0.2) is 0 Å². The summed E-state index contributed by atoms with van der Waals surface area (Å²) in [7, 11) is 0. The number of ether oxygens (including phenoxy) is 1. The zero-order valence-electron chi connectivity index (χ0n) is 11.3. The highest BCUT2D eigenvalue weighted by atomic mass is 16.5. The van der Waals surface area contributed by atoms with Gasteiger partial charge in [-0.15, -0.1) is 0 Å². The van der Waals surface area contributed by atoms with Gasteiger partial charge in [-0.3, -0.25) is 4.79 Å². The van der Waals surface area contributed by atoms with Gasteiger partial charge in [0.1, 0.15) is 11.8 Å². The van der Waals surface area contributed by atoms with E-state index in [4.69, 9.17) is 4.74 Å². The molecule has 0 aliphatic carbocycles. The maximum atomic E-state index is 12.2. The Morgan fingerprint density at radius 3 is 2.89 bits per heavy atom. The maximum absolute atomic E-state index is 12.2. The van der Waals surface area contributed by atoms with Crippen LogP contribution in [0.1, 0.15) is 13.8 Å². The SMILES string of the molecule is CC(C)Oc1ccccc1N1CCNC(CO)C1=O. The fraction of sp³-hybridized carbons (Fsp3) is 0.500. The Labute approximate surface area is 113 Å². The summed E-state index contributed by atoms with van der Waals surface area (Å²) >= 11 is 0. The molecule has 1 aromatic rings. The lowest BCUT2D eigenvalue weighted by atomic mass is 10.1. The van der Waals surface area contributed by atoms with E-state index >= 15 is 0 Å². The fourth-order valence-corrected chi connectivity index (χ4v) is 2.15. The third-order valence-corrected chi connectivity index (χ3v) is 2.99. The van der Waals surface area contributed by atoms with E-state index in [2.05, 4.69) is 5.32 Å². The average molecular weight is 264 g/mol. The van der Waals surface area contributed by atoms with Gasteiger partial charge in [-0.1, -0.05) is 12.1 Å². The molecule has 104 valence electrons. The minimum Gasteiger partial charge on any atom is -0.489 e. The number of aliphatic hydroxyl groups is 1. The molecular formula is C14H20N2O3.